The van der Waals surface area contributed by atoms with Gasteiger partial charge in [-0.05, 0) is 36.2 Å². The average Bonchev–Trinajstić information content (AvgIpc) is 3.29. The minimum absolute atomic E-state index is 0.00998. The van der Waals surface area contributed by atoms with E-state index in [-0.39, 0.29) is 18.2 Å². The van der Waals surface area contributed by atoms with Crippen LogP contribution in [0.2, 0.25) is 0 Å². The van der Waals surface area contributed by atoms with Crippen molar-refractivity contribution in [1.29, 1.82) is 0 Å². The minimum Gasteiger partial charge on any atom is -0.493 e. The van der Waals surface area contributed by atoms with E-state index in [0.29, 0.717) is 29.4 Å². The number of carbonyl (C=O) groups excluding carboxylic acids is 2. The second kappa shape index (κ2) is 8.51. The van der Waals surface area contributed by atoms with Crippen molar-refractivity contribution in [2.24, 2.45) is 0 Å². The molecule has 0 aliphatic carbocycles. The van der Waals surface area contributed by atoms with Gasteiger partial charge in [0.1, 0.15) is 11.9 Å². The van der Waals surface area contributed by atoms with Gasteiger partial charge in [0.05, 0.1) is 26.3 Å². The summed E-state index contributed by atoms with van der Waals surface area (Å²) in [4.78, 5) is 25.2. The van der Waals surface area contributed by atoms with Crippen LogP contribution in [0.5, 0.6) is 11.5 Å². The maximum atomic E-state index is 12.7. The Labute approximate surface area is 180 Å². The Kier molecular flexibility index (Phi) is 5.62. The molecule has 0 spiro atoms. The van der Waals surface area contributed by atoms with Gasteiger partial charge in [0.2, 0.25) is 5.91 Å². The molecular weight excluding hydrogens is 396 g/mol. The molecule has 2 aromatic carbocycles. The van der Waals surface area contributed by atoms with Crippen LogP contribution in [-0.4, -0.2) is 35.8 Å². The first kappa shape index (κ1) is 20.5. The second-order valence-electron chi connectivity index (χ2n) is 7.16. The highest BCUT2D eigenvalue weighted by molar-refractivity contribution is 6.04. The molecule has 4 rings (SSSR count). The molecule has 2 N–H and O–H groups in total. The van der Waals surface area contributed by atoms with Crippen molar-refractivity contribution in [2.75, 3.05) is 24.9 Å². The number of benzene rings is 2. The summed E-state index contributed by atoms with van der Waals surface area (Å²) in [6, 6.07) is 14.0. The van der Waals surface area contributed by atoms with Crippen LogP contribution in [0.15, 0.2) is 48.5 Å². The van der Waals surface area contributed by atoms with Gasteiger partial charge in [-0.15, -0.1) is 0 Å². The molecule has 1 aromatic heterocycles. The lowest BCUT2D eigenvalue weighted by Crippen LogP contribution is -2.23. The first-order chi connectivity index (χ1) is 15.0. The summed E-state index contributed by atoms with van der Waals surface area (Å²) in [7, 11) is 3.16. The van der Waals surface area contributed by atoms with E-state index in [2.05, 4.69) is 15.7 Å². The van der Waals surface area contributed by atoms with Crippen LogP contribution in [0.4, 0.5) is 11.5 Å². The first-order valence-corrected chi connectivity index (χ1v) is 10.0. The SMILES string of the molecule is CCc1nn2c(c1-c1ccc(OC)c(OC)c1)NC(=O)C2CC(=O)Nc1ccccc1. The number of aromatic nitrogens is 2. The Balaban J connectivity index is 1.65. The summed E-state index contributed by atoms with van der Waals surface area (Å²) in [5.41, 5.74) is 3.19. The van der Waals surface area contributed by atoms with E-state index in [1.165, 1.54) is 0 Å². The molecule has 8 heteroatoms. The molecule has 8 nitrogen and oxygen atoms in total. The van der Waals surface area contributed by atoms with Gasteiger partial charge >= 0.3 is 0 Å². The number of nitrogens with zero attached hydrogens (tertiary/aromatic N) is 2. The maximum absolute atomic E-state index is 12.7. The number of nitrogens with one attached hydrogen (secondary N) is 2. The number of aryl methyl sites for hydroxylation is 1. The highest BCUT2D eigenvalue weighted by atomic mass is 16.5. The van der Waals surface area contributed by atoms with Crippen molar-refractivity contribution in [3.63, 3.8) is 0 Å². The lowest BCUT2D eigenvalue weighted by atomic mass is 10.0. The zero-order valence-corrected chi connectivity index (χ0v) is 17.6. The predicted octanol–water partition coefficient (Wildman–Crippen LogP) is 3.65. The molecule has 1 atom stereocenters. The van der Waals surface area contributed by atoms with Gasteiger partial charge in [-0.2, -0.15) is 5.10 Å². The fourth-order valence-corrected chi connectivity index (χ4v) is 3.77. The quantitative estimate of drug-likeness (QED) is 0.608. The van der Waals surface area contributed by atoms with Gasteiger partial charge in [-0.3, -0.25) is 9.59 Å². The van der Waals surface area contributed by atoms with Gasteiger partial charge < -0.3 is 20.1 Å². The third-order valence-electron chi connectivity index (χ3n) is 5.27. The molecular formula is C23H24N4O4. The topological polar surface area (TPSA) is 94.5 Å². The molecule has 1 unspecified atom stereocenters. The number of ether oxygens (including phenoxy) is 2. The molecule has 31 heavy (non-hydrogen) atoms. The third kappa shape index (κ3) is 3.84. The van der Waals surface area contributed by atoms with E-state index < -0.39 is 6.04 Å². The smallest absolute Gasteiger partial charge is 0.251 e. The molecule has 3 aromatic rings. The summed E-state index contributed by atoms with van der Waals surface area (Å²) < 4.78 is 12.4. The fourth-order valence-electron chi connectivity index (χ4n) is 3.77. The fraction of sp³-hybridized carbons (Fsp3) is 0.261. The molecule has 0 radical (unpaired) electrons. The number of anilines is 2. The number of methoxy groups -OCH3 is 2. The zero-order valence-electron chi connectivity index (χ0n) is 17.6. The van der Waals surface area contributed by atoms with Crippen molar-refractivity contribution in [1.82, 2.24) is 9.78 Å². The van der Waals surface area contributed by atoms with Gasteiger partial charge in [0, 0.05) is 11.3 Å². The lowest BCUT2D eigenvalue weighted by Gasteiger charge is -2.10. The Morgan fingerprint density at radius 2 is 1.87 bits per heavy atom. The number of hydrogen-bond acceptors (Lipinski definition) is 5. The van der Waals surface area contributed by atoms with E-state index >= 15 is 0 Å². The number of fused-ring (bicyclic) bond motifs is 1. The van der Waals surface area contributed by atoms with Crippen LogP contribution in [0.1, 0.15) is 25.1 Å². The van der Waals surface area contributed by atoms with Gasteiger partial charge in [-0.1, -0.05) is 31.2 Å². The van der Waals surface area contributed by atoms with Crippen molar-refractivity contribution in [3.05, 3.63) is 54.2 Å². The van der Waals surface area contributed by atoms with E-state index in [9.17, 15) is 9.59 Å². The summed E-state index contributed by atoms with van der Waals surface area (Å²) in [5.74, 6) is 1.29. The van der Waals surface area contributed by atoms with Crippen molar-refractivity contribution in [3.8, 4) is 22.6 Å². The highest BCUT2D eigenvalue weighted by Gasteiger charge is 2.36. The average molecular weight is 420 g/mol. The Hall–Kier alpha value is -3.81. The highest BCUT2D eigenvalue weighted by Crippen LogP contribution is 2.41. The Morgan fingerprint density at radius 1 is 1.13 bits per heavy atom. The molecule has 0 saturated carbocycles. The van der Waals surface area contributed by atoms with Gasteiger partial charge in [-0.25, -0.2) is 4.68 Å². The van der Waals surface area contributed by atoms with Crippen molar-refractivity contribution in [2.45, 2.75) is 25.8 Å². The van der Waals surface area contributed by atoms with E-state index in [1.807, 2.05) is 43.3 Å². The number of para-hydroxylation sites is 1. The van der Waals surface area contributed by atoms with Crippen LogP contribution < -0.4 is 20.1 Å². The third-order valence-corrected chi connectivity index (χ3v) is 5.27. The van der Waals surface area contributed by atoms with Gasteiger partial charge in [0.15, 0.2) is 11.5 Å². The Morgan fingerprint density at radius 3 is 2.55 bits per heavy atom. The molecule has 1 aliphatic rings. The van der Waals surface area contributed by atoms with Crippen LogP contribution in [0.25, 0.3) is 11.1 Å². The van der Waals surface area contributed by atoms with Crippen LogP contribution in [0.3, 0.4) is 0 Å². The van der Waals surface area contributed by atoms with Crippen LogP contribution >= 0.6 is 0 Å². The predicted molar refractivity (Wildman–Crippen MR) is 118 cm³/mol. The number of rotatable bonds is 7. The summed E-state index contributed by atoms with van der Waals surface area (Å²) in [5, 5.41) is 10.4. The second-order valence-corrected chi connectivity index (χ2v) is 7.16. The Bertz CT molecular complexity index is 1120. The normalized spacial score (nSPS) is 14.7. The van der Waals surface area contributed by atoms with E-state index in [1.54, 1.807) is 31.0 Å². The number of hydrogen-bond donors (Lipinski definition) is 2. The number of carbonyl (C=O) groups is 2. The van der Waals surface area contributed by atoms with E-state index in [4.69, 9.17) is 9.47 Å². The zero-order chi connectivity index (χ0) is 22.0. The van der Waals surface area contributed by atoms with Crippen LogP contribution in [-0.2, 0) is 16.0 Å². The standard InChI is InChI=1S/C23H24N4O4/c1-4-16-21(14-10-11-18(30-2)19(12-14)31-3)22-25-23(29)17(27(22)26-16)13-20(28)24-15-8-6-5-7-9-15/h5-12,17H,4,13H2,1-3H3,(H,24,28)(H,25,29). The molecule has 2 amide bonds. The largest absolute Gasteiger partial charge is 0.493 e. The molecule has 0 saturated heterocycles. The number of amides is 2. The minimum atomic E-state index is -0.710. The first-order valence-electron chi connectivity index (χ1n) is 10.0. The van der Waals surface area contributed by atoms with Crippen molar-refractivity contribution < 1.29 is 19.1 Å². The lowest BCUT2D eigenvalue weighted by molar-refractivity contribution is -0.123. The van der Waals surface area contributed by atoms with Crippen molar-refractivity contribution >= 4 is 23.3 Å². The summed E-state index contributed by atoms with van der Waals surface area (Å²) >= 11 is 0. The van der Waals surface area contributed by atoms with E-state index in [0.717, 1.165) is 16.8 Å². The maximum Gasteiger partial charge on any atom is 0.251 e. The molecule has 0 bridgehead atoms. The molecule has 0 fully saturated rings. The summed E-state index contributed by atoms with van der Waals surface area (Å²) in [6.45, 7) is 2.00. The molecule has 1 aliphatic heterocycles. The summed E-state index contributed by atoms with van der Waals surface area (Å²) in [6.07, 6.45) is 0.659. The van der Waals surface area contributed by atoms with Gasteiger partial charge in [0.25, 0.3) is 5.91 Å². The molecule has 2 heterocycles. The van der Waals surface area contributed by atoms with Crippen LogP contribution in [0, 0.1) is 0 Å². The monoisotopic (exact) mass is 420 g/mol. The molecule has 160 valence electrons.